The molecule has 0 radical (unpaired) electrons. The average Bonchev–Trinajstić information content (AvgIpc) is 2.68. The monoisotopic (exact) mass is 370 g/mol. The molecule has 2 heterocycles. The number of anilines is 1. The van der Waals surface area contributed by atoms with E-state index in [4.69, 9.17) is 0 Å². The van der Waals surface area contributed by atoms with Crippen molar-refractivity contribution in [3.05, 3.63) is 42.5 Å². The molecule has 0 aliphatic carbocycles. The van der Waals surface area contributed by atoms with E-state index < -0.39 is 0 Å². The van der Waals surface area contributed by atoms with Crippen molar-refractivity contribution in [1.82, 2.24) is 15.3 Å². The molecule has 1 aliphatic heterocycles. The topological polar surface area (TPSA) is 58.1 Å². The fraction of sp³-hybridized carbons (Fsp3) is 0.476. The van der Waals surface area contributed by atoms with E-state index in [1.165, 1.54) is 12.1 Å². The van der Waals surface area contributed by atoms with Crippen LogP contribution in [0.3, 0.4) is 0 Å². The second kappa shape index (κ2) is 8.93. The minimum atomic E-state index is -0.279. The number of hydrogen-bond donors (Lipinski definition) is 1. The van der Waals surface area contributed by atoms with Crippen LogP contribution in [0.2, 0.25) is 0 Å². The summed E-state index contributed by atoms with van der Waals surface area (Å²) in [6, 6.07) is 6.39. The molecule has 1 atom stereocenters. The number of rotatable bonds is 6. The first-order valence-electron chi connectivity index (χ1n) is 9.63. The van der Waals surface area contributed by atoms with Crippen molar-refractivity contribution in [2.75, 3.05) is 24.5 Å². The van der Waals surface area contributed by atoms with E-state index in [9.17, 15) is 9.18 Å². The van der Waals surface area contributed by atoms with Crippen molar-refractivity contribution in [2.24, 2.45) is 11.8 Å². The normalized spacial score (nSPS) is 17.2. The summed E-state index contributed by atoms with van der Waals surface area (Å²) in [5.74, 6) is 1.01. The van der Waals surface area contributed by atoms with Crippen molar-refractivity contribution in [2.45, 2.75) is 33.1 Å². The maximum absolute atomic E-state index is 13.4. The van der Waals surface area contributed by atoms with Gasteiger partial charge in [-0.05, 0) is 42.9 Å². The van der Waals surface area contributed by atoms with Crippen LogP contribution >= 0.6 is 0 Å². The first-order chi connectivity index (χ1) is 13.0. The van der Waals surface area contributed by atoms with Gasteiger partial charge in [0.2, 0.25) is 11.9 Å². The summed E-state index contributed by atoms with van der Waals surface area (Å²) in [4.78, 5) is 23.4. The van der Waals surface area contributed by atoms with Gasteiger partial charge in [-0.2, -0.15) is 0 Å². The zero-order valence-corrected chi connectivity index (χ0v) is 16.0. The third-order valence-electron chi connectivity index (χ3n) is 4.89. The van der Waals surface area contributed by atoms with Crippen LogP contribution in [0.5, 0.6) is 0 Å². The molecular formula is C21H27FN4O. The van der Waals surface area contributed by atoms with Gasteiger partial charge >= 0.3 is 0 Å². The first-order valence-corrected chi connectivity index (χ1v) is 9.63. The summed E-state index contributed by atoms with van der Waals surface area (Å²) < 4.78 is 13.4. The first kappa shape index (κ1) is 19.3. The van der Waals surface area contributed by atoms with E-state index in [0.29, 0.717) is 18.4 Å². The fourth-order valence-electron chi connectivity index (χ4n) is 3.30. The highest BCUT2D eigenvalue weighted by atomic mass is 19.1. The molecule has 1 aromatic carbocycles. The molecule has 0 saturated carbocycles. The summed E-state index contributed by atoms with van der Waals surface area (Å²) in [6.45, 7) is 6.51. The second-order valence-corrected chi connectivity index (χ2v) is 7.54. The van der Waals surface area contributed by atoms with Crippen LogP contribution in [0.15, 0.2) is 36.7 Å². The highest BCUT2D eigenvalue weighted by molar-refractivity contribution is 5.79. The Hall–Kier alpha value is -2.50. The standard InChI is InChI=1S/C21H27FN4O/c1-15(2)8-9-23-20(27)17-6-4-10-26(14-17)21-24-12-18(13-25-21)16-5-3-7-19(22)11-16/h3,5,7,11-13,15,17H,4,6,8-10,14H2,1-2H3,(H,23,27). The molecule has 1 N–H and O–H groups in total. The molecule has 1 fully saturated rings. The van der Waals surface area contributed by atoms with Gasteiger partial charge in [-0.3, -0.25) is 4.79 Å². The number of piperidine rings is 1. The molecule has 1 unspecified atom stereocenters. The molecule has 5 nitrogen and oxygen atoms in total. The Balaban J connectivity index is 1.61. The second-order valence-electron chi connectivity index (χ2n) is 7.54. The number of carbonyl (C=O) groups is 1. The Morgan fingerprint density at radius 3 is 2.78 bits per heavy atom. The summed E-state index contributed by atoms with van der Waals surface area (Å²) in [5, 5.41) is 3.05. The number of nitrogens with zero attached hydrogens (tertiary/aromatic N) is 3. The summed E-state index contributed by atoms with van der Waals surface area (Å²) in [7, 11) is 0. The molecule has 144 valence electrons. The van der Waals surface area contributed by atoms with Crippen molar-refractivity contribution < 1.29 is 9.18 Å². The molecule has 27 heavy (non-hydrogen) atoms. The van der Waals surface area contributed by atoms with Crippen molar-refractivity contribution >= 4 is 11.9 Å². The van der Waals surface area contributed by atoms with E-state index in [1.807, 2.05) is 6.07 Å². The van der Waals surface area contributed by atoms with Crippen molar-refractivity contribution in [1.29, 1.82) is 0 Å². The Kier molecular flexibility index (Phi) is 6.37. The zero-order valence-electron chi connectivity index (χ0n) is 16.0. The highest BCUT2D eigenvalue weighted by Crippen LogP contribution is 2.23. The maximum Gasteiger partial charge on any atom is 0.225 e. The van der Waals surface area contributed by atoms with E-state index in [2.05, 4.69) is 34.0 Å². The molecule has 1 aliphatic rings. The van der Waals surface area contributed by atoms with Gasteiger partial charge < -0.3 is 10.2 Å². The Labute approximate surface area is 160 Å². The van der Waals surface area contributed by atoms with E-state index >= 15 is 0 Å². The fourth-order valence-corrected chi connectivity index (χ4v) is 3.30. The van der Waals surface area contributed by atoms with Crippen LogP contribution in [-0.2, 0) is 4.79 Å². The Bertz CT molecular complexity index is 763. The van der Waals surface area contributed by atoms with Crippen LogP contribution in [0.25, 0.3) is 11.1 Å². The molecule has 1 saturated heterocycles. The van der Waals surface area contributed by atoms with Crippen molar-refractivity contribution in [3.63, 3.8) is 0 Å². The van der Waals surface area contributed by atoms with Gasteiger partial charge in [-0.25, -0.2) is 14.4 Å². The number of hydrogen-bond acceptors (Lipinski definition) is 4. The molecule has 2 aromatic rings. The predicted molar refractivity (Wildman–Crippen MR) is 105 cm³/mol. The van der Waals surface area contributed by atoms with Gasteiger partial charge in [0, 0.05) is 37.6 Å². The molecular weight excluding hydrogens is 343 g/mol. The minimum Gasteiger partial charge on any atom is -0.356 e. The lowest BCUT2D eigenvalue weighted by atomic mass is 9.97. The lowest BCUT2D eigenvalue weighted by molar-refractivity contribution is -0.125. The van der Waals surface area contributed by atoms with E-state index in [1.54, 1.807) is 18.5 Å². The lowest BCUT2D eigenvalue weighted by Crippen LogP contribution is -2.44. The highest BCUT2D eigenvalue weighted by Gasteiger charge is 2.26. The third-order valence-corrected chi connectivity index (χ3v) is 4.89. The quantitative estimate of drug-likeness (QED) is 0.843. The molecule has 0 spiro atoms. The largest absolute Gasteiger partial charge is 0.356 e. The van der Waals surface area contributed by atoms with Gasteiger partial charge in [-0.15, -0.1) is 0 Å². The minimum absolute atomic E-state index is 0.0302. The van der Waals surface area contributed by atoms with Gasteiger partial charge in [-0.1, -0.05) is 26.0 Å². The Morgan fingerprint density at radius 1 is 1.30 bits per heavy atom. The number of aromatic nitrogens is 2. The van der Waals surface area contributed by atoms with Crippen LogP contribution < -0.4 is 10.2 Å². The molecule has 0 bridgehead atoms. The van der Waals surface area contributed by atoms with Gasteiger partial charge in [0.15, 0.2) is 0 Å². The van der Waals surface area contributed by atoms with Crippen LogP contribution in [-0.4, -0.2) is 35.5 Å². The Morgan fingerprint density at radius 2 is 2.07 bits per heavy atom. The van der Waals surface area contributed by atoms with E-state index in [-0.39, 0.29) is 17.6 Å². The average molecular weight is 370 g/mol. The van der Waals surface area contributed by atoms with Crippen LogP contribution in [0.1, 0.15) is 33.1 Å². The van der Waals surface area contributed by atoms with Crippen molar-refractivity contribution in [3.8, 4) is 11.1 Å². The van der Waals surface area contributed by atoms with E-state index in [0.717, 1.165) is 43.5 Å². The summed E-state index contributed by atoms with van der Waals surface area (Å²) >= 11 is 0. The predicted octanol–water partition coefficient (Wildman–Crippen LogP) is 3.66. The summed E-state index contributed by atoms with van der Waals surface area (Å²) in [5.41, 5.74) is 1.53. The number of halogens is 1. The molecule has 1 aromatic heterocycles. The van der Waals surface area contributed by atoms with Gasteiger partial charge in [0.05, 0.1) is 5.92 Å². The maximum atomic E-state index is 13.4. The van der Waals surface area contributed by atoms with Crippen LogP contribution in [0, 0.1) is 17.7 Å². The SMILES string of the molecule is CC(C)CCNC(=O)C1CCCN(c2ncc(-c3cccc(F)c3)cn2)C1. The summed E-state index contributed by atoms with van der Waals surface area (Å²) in [6.07, 6.45) is 6.25. The third kappa shape index (κ3) is 5.25. The number of carbonyl (C=O) groups excluding carboxylic acids is 1. The number of amides is 1. The lowest BCUT2D eigenvalue weighted by Gasteiger charge is -2.32. The number of nitrogens with one attached hydrogen (secondary N) is 1. The number of benzene rings is 1. The molecule has 6 heteroatoms. The van der Waals surface area contributed by atoms with Crippen LogP contribution in [0.4, 0.5) is 10.3 Å². The van der Waals surface area contributed by atoms with Gasteiger partial charge in [0.1, 0.15) is 5.82 Å². The smallest absolute Gasteiger partial charge is 0.225 e. The molecule has 3 rings (SSSR count). The van der Waals surface area contributed by atoms with Gasteiger partial charge in [0.25, 0.3) is 0 Å². The molecule has 1 amide bonds. The zero-order chi connectivity index (χ0) is 19.2.